The monoisotopic (exact) mass is 309 g/mol. The number of non-ortho nitro benzene ring substituents is 1. The summed E-state index contributed by atoms with van der Waals surface area (Å²) in [5, 5.41) is 21.0. The summed E-state index contributed by atoms with van der Waals surface area (Å²) in [5.74, 6) is 0.383. The van der Waals surface area contributed by atoms with E-state index in [1.165, 1.54) is 18.3 Å². The fourth-order valence-corrected chi connectivity index (χ4v) is 1.98. The number of nitrogens with zero attached hydrogens (tertiary/aromatic N) is 4. The lowest BCUT2D eigenvalue weighted by atomic mass is 10.2. The Morgan fingerprint density at radius 2 is 1.83 bits per heavy atom. The van der Waals surface area contributed by atoms with Crippen molar-refractivity contribution in [3.63, 3.8) is 0 Å². The number of benzene rings is 2. The van der Waals surface area contributed by atoms with Gasteiger partial charge in [-0.1, -0.05) is 30.3 Å². The molecule has 3 rings (SSSR count). The lowest BCUT2D eigenvalue weighted by molar-refractivity contribution is -0.384. The molecule has 0 aliphatic heterocycles. The Kier molecular flexibility index (Phi) is 3.79. The highest BCUT2D eigenvalue weighted by Crippen LogP contribution is 2.14. The first-order chi connectivity index (χ1) is 11.1. The molecular weight excluding hydrogens is 298 g/mol. The summed E-state index contributed by atoms with van der Waals surface area (Å²) in [6.07, 6.45) is 1.44. The van der Waals surface area contributed by atoms with E-state index in [2.05, 4.69) is 15.3 Å². The highest BCUT2D eigenvalue weighted by atomic mass is 16.6. The maximum atomic E-state index is 11.8. The average Bonchev–Trinajstić information content (AvgIpc) is 2.95. The van der Waals surface area contributed by atoms with Crippen LogP contribution in [0.15, 0.2) is 64.5 Å². The zero-order chi connectivity index (χ0) is 16.2. The van der Waals surface area contributed by atoms with E-state index in [1.807, 2.05) is 30.3 Å². The second-order valence-corrected chi connectivity index (χ2v) is 4.62. The first kappa shape index (κ1) is 14.4. The first-order valence-corrected chi connectivity index (χ1v) is 6.67. The van der Waals surface area contributed by atoms with Crippen LogP contribution in [0.25, 0.3) is 11.4 Å². The molecule has 2 aromatic carbocycles. The number of hydrogen-bond donors (Lipinski definition) is 1. The molecule has 0 unspecified atom stereocenters. The molecule has 23 heavy (non-hydrogen) atoms. The molecule has 0 amide bonds. The van der Waals surface area contributed by atoms with Gasteiger partial charge < -0.3 is 0 Å². The third-order valence-electron chi connectivity index (χ3n) is 3.11. The minimum absolute atomic E-state index is 0.00685. The van der Waals surface area contributed by atoms with Crippen LogP contribution in [-0.2, 0) is 0 Å². The number of hydrogen-bond acceptors (Lipinski definition) is 5. The summed E-state index contributed by atoms with van der Waals surface area (Å²) in [5.41, 5.74) is 0.893. The third kappa shape index (κ3) is 3.05. The molecule has 1 aromatic heterocycles. The Morgan fingerprint density at radius 1 is 1.13 bits per heavy atom. The van der Waals surface area contributed by atoms with Gasteiger partial charge in [-0.3, -0.25) is 10.1 Å². The summed E-state index contributed by atoms with van der Waals surface area (Å²) in [7, 11) is 0. The molecule has 1 heterocycles. The Hall–Kier alpha value is -3.55. The van der Waals surface area contributed by atoms with Crippen LogP contribution in [0.3, 0.4) is 0 Å². The van der Waals surface area contributed by atoms with Crippen LogP contribution in [0.1, 0.15) is 5.56 Å². The number of nitro groups is 1. The third-order valence-corrected chi connectivity index (χ3v) is 3.11. The van der Waals surface area contributed by atoms with E-state index in [9.17, 15) is 14.9 Å². The van der Waals surface area contributed by atoms with E-state index in [-0.39, 0.29) is 5.69 Å². The lowest BCUT2D eigenvalue weighted by Gasteiger charge is -1.99. The quantitative estimate of drug-likeness (QED) is 0.452. The van der Waals surface area contributed by atoms with Gasteiger partial charge in [0.15, 0.2) is 5.82 Å². The molecule has 0 spiro atoms. The van der Waals surface area contributed by atoms with Gasteiger partial charge in [-0.2, -0.15) is 14.9 Å². The van der Waals surface area contributed by atoms with Crippen molar-refractivity contribution in [2.45, 2.75) is 0 Å². The van der Waals surface area contributed by atoms with Crippen molar-refractivity contribution >= 4 is 11.9 Å². The van der Waals surface area contributed by atoms with Gasteiger partial charge in [0.25, 0.3) is 5.69 Å². The van der Waals surface area contributed by atoms with Crippen molar-refractivity contribution in [2.24, 2.45) is 5.10 Å². The SMILES string of the molecule is O=c1[nH]nc(-c2ccccc2)n1/N=C/c1ccc([N+](=O)[O-])cc1. The number of H-pyrrole nitrogens is 1. The predicted molar refractivity (Wildman–Crippen MR) is 84.4 cm³/mol. The molecule has 114 valence electrons. The van der Waals surface area contributed by atoms with Crippen molar-refractivity contribution in [3.05, 3.63) is 80.8 Å². The second-order valence-electron chi connectivity index (χ2n) is 4.62. The van der Waals surface area contributed by atoms with Gasteiger partial charge in [-0.15, -0.1) is 0 Å². The topological polar surface area (TPSA) is 106 Å². The number of rotatable bonds is 4. The van der Waals surface area contributed by atoms with Gasteiger partial charge in [0.05, 0.1) is 11.1 Å². The number of nitrogens with one attached hydrogen (secondary N) is 1. The summed E-state index contributed by atoms with van der Waals surface area (Å²) >= 11 is 0. The normalized spacial score (nSPS) is 11.0. The molecule has 0 radical (unpaired) electrons. The molecule has 0 fully saturated rings. The van der Waals surface area contributed by atoms with E-state index in [0.29, 0.717) is 11.4 Å². The molecule has 0 saturated heterocycles. The van der Waals surface area contributed by atoms with Crippen LogP contribution in [0.4, 0.5) is 5.69 Å². The highest BCUT2D eigenvalue weighted by molar-refractivity contribution is 5.80. The van der Waals surface area contributed by atoms with Gasteiger partial charge >= 0.3 is 5.69 Å². The molecule has 8 heteroatoms. The summed E-state index contributed by atoms with van der Waals surface area (Å²) in [4.78, 5) is 22.0. The Labute approximate surface area is 129 Å². The van der Waals surface area contributed by atoms with Gasteiger partial charge in [-0.05, 0) is 17.7 Å². The van der Waals surface area contributed by atoms with Crippen molar-refractivity contribution in [2.75, 3.05) is 0 Å². The van der Waals surface area contributed by atoms with Crippen LogP contribution >= 0.6 is 0 Å². The summed E-state index contributed by atoms with van der Waals surface area (Å²) < 4.78 is 1.14. The Morgan fingerprint density at radius 3 is 2.48 bits per heavy atom. The number of aromatic amines is 1. The van der Waals surface area contributed by atoms with E-state index < -0.39 is 10.6 Å². The summed E-state index contributed by atoms with van der Waals surface area (Å²) in [6.45, 7) is 0. The minimum atomic E-state index is -0.477. The van der Waals surface area contributed by atoms with E-state index in [0.717, 1.165) is 10.2 Å². The van der Waals surface area contributed by atoms with E-state index in [1.54, 1.807) is 12.1 Å². The standard InChI is InChI=1S/C15H11N5O3/c21-15-18-17-14(12-4-2-1-3-5-12)19(15)16-10-11-6-8-13(9-7-11)20(22)23/h1-10H,(H,18,21)/b16-10+. The summed E-state index contributed by atoms with van der Waals surface area (Å²) in [6, 6.07) is 15.0. The molecule has 8 nitrogen and oxygen atoms in total. The fraction of sp³-hybridized carbons (Fsp3) is 0. The predicted octanol–water partition coefficient (Wildman–Crippen LogP) is 2.03. The van der Waals surface area contributed by atoms with Crippen LogP contribution < -0.4 is 5.69 Å². The number of aromatic nitrogens is 3. The lowest BCUT2D eigenvalue weighted by Crippen LogP contribution is -2.13. The van der Waals surface area contributed by atoms with Crippen LogP contribution in [0.2, 0.25) is 0 Å². The number of nitro benzene ring substituents is 1. The highest BCUT2D eigenvalue weighted by Gasteiger charge is 2.09. The van der Waals surface area contributed by atoms with Crippen LogP contribution in [-0.4, -0.2) is 26.0 Å². The zero-order valence-electron chi connectivity index (χ0n) is 11.8. The molecular formula is C15H11N5O3. The first-order valence-electron chi connectivity index (χ1n) is 6.67. The molecule has 1 N–H and O–H groups in total. The largest absolute Gasteiger partial charge is 0.364 e. The van der Waals surface area contributed by atoms with Crippen LogP contribution in [0, 0.1) is 10.1 Å². The van der Waals surface area contributed by atoms with E-state index in [4.69, 9.17) is 0 Å². The maximum Gasteiger partial charge on any atom is 0.364 e. The smallest absolute Gasteiger partial charge is 0.258 e. The Bertz CT molecular complexity index is 910. The fourth-order valence-electron chi connectivity index (χ4n) is 1.98. The second kappa shape index (κ2) is 6.06. The molecule has 0 aliphatic rings. The average molecular weight is 309 g/mol. The molecule has 3 aromatic rings. The van der Waals surface area contributed by atoms with Crippen molar-refractivity contribution in [1.29, 1.82) is 0 Å². The maximum absolute atomic E-state index is 11.8. The van der Waals surface area contributed by atoms with Crippen LogP contribution in [0.5, 0.6) is 0 Å². The van der Waals surface area contributed by atoms with Gasteiger partial charge in [0.1, 0.15) is 0 Å². The van der Waals surface area contributed by atoms with Gasteiger partial charge in [-0.25, -0.2) is 9.89 Å². The van der Waals surface area contributed by atoms with Crippen molar-refractivity contribution in [3.8, 4) is 11.4 Å². The van der Waals surface area contributed by atoms with Gasteiger partial charge in [0.2, 0.25) is 0 Å². The van der Waals surface area contributed by atoms with Crippen molar-refractivity contribution < 1.29 is 4.92 Å². The zero-order valence-corrected chi connectivity index (χ0v) is 11.8. The molecule has 0 atom stereocenters. The van der Waals surface area contributed by atoms with Gasteiger partial charge in [0, 0.05) is 17.7 Å². The van der Waals surface area contributed by atoms with Crippen molar-refractivity contribution in [1.82, 2.24) is 14.9 Å². The minimum Gasteiger partial charge on any atom is -0.258 e. The van der Waals surface area contributed by atoms with E-state index >= 15 is 0 Å². The molecule has 0 aliphatic carbocycles. The molecule has 0 bridgehead atoms. The molecule has 0 saturated carbocycles. The Balaban J connectivity index is 1.93.